The number of carbonyl (C=O) groups is 1. The second-order valence-electron chi connectivity index (χ2n) is 9.20. The quantitative estimate of drug-likeness (QED) is 0.371. The van der Waals surface area contributed by atoms with Gasteiger partial charge in [0.05, 0.1) is 13.2 Å². The van der Waals surface area contributed by atoms with Gasteiger partial charge in [-0.25, -0.2) is 4.79 Å². The first-order valence-corrected chi connectivity index (χ1v) is 12.0. The van der Waals surface area contributed by atoms with Crippen LogP contribution >= 0.6 is 0 Å². The zero-order chi connectivity index (χ0) is 26.0. The number of rotatable bonds is 8. The standard InChI is InChI=1S/C28H28N2O7/c1-18-15-30(27(33)29-25(18)32)26-24(36-19(2)31)28(35-17-21-11-7-4-8-12-21)14-13-22(23(28)37-26)34-16-20-9-5-3-6-10-20/h3-15,22-24,26H,16-17H2,1-2H3,(H,29,32,33)/t22-,23-,24+,26-,28-/m1/s1. The first-order valence-electron chi connectivity index (χ1n) is 12.0. The molecule has 1 N–H and O–H groups in total. The Kier molecular flexibility index (Phi) is 6.92. The first kappa shape index (κ1) is 24.9. The second-order valence-corrected chi connectivity index (χ2v) is 9.20. The molecule has 37 heavy (non-hydrogen) atoms. The molecular weight excluding hydrogens is 476 g/mol. The Labute approximate surface area is 213 Å². The van der Waals surface area contributed by atoms with Gasteiger partial charge in [0.1, 0.15) is 12.2 Å². The van der Waals surface area contributed by atoms with Gasteiger partial charge in [-0.15, -0.1) is 0 Å². The molecule has 9 heteroatoms. The van der Waals surface area contributed by atoms with Gasteiger partial charge in [-0.1, -0.05) is 66.7 Å². The Morgan fingerprint density at radius 2 is 1.68 bits per heavy atom. The summed E-state index contributed by atoms with van der Waals surface area (Å²) in [4.78, 5) is 39.3. The monoisotopic (exact) mass is 504 g/mol. The van der Waals surface area contributed by atoms with E-state index in [-0.39, 0.29) is 6.61 Å². The number of esters is 1. The second kappa shape index (κ2) is 10.3. The fourth-order valence-corrected chi connectivity index (χ4v) is 4.80. The number of ether oxygens (including phenoxy) is 4. The largest absolute Gasteiger partial charge is 0.454 e. The fourth-order valence-electron chi connectivity index (χ4n) is 4.80. The van der Waals surface area contributed by atoms with Crippen LogP contribution in [0.5, 0.6) is 0 Å². The molecule has 1 aliphatic heterocycles. The number of H-pyrrole nitrogens is 1. The molecule has 3 aromatic rings. The van der Waals surface area contributed by atoms with E-state index in [1.165, 1.54) is 17.7 Å². The van der Waals surface area contributed by atoms with Crippen molar-refractivity contribution in [3.8, 4) is 0 Å². The molecule has 2 aromatic carbocycles. The number of aromatic amines is 1. The number of hydrogen-bond donors (Lipinski definition) is 1. The third-order valence-electron chi connectivity index (χ3n) is 6.61. The van der Waals surface area contributed by atoms with Gasteiger partial charge in [0.2, 0.25) is 0 Å². The summed E-state index contributed by atoms with van der Waals surface area (Å²) < 4.78 is 26.1. The molecular formula is C28H28N2O7. The lowest BCUT2D eigenvalue weighted by Gasteiger charge is -2.34. The van der Waals surface area contributed by atoms with Crippen LogP contribution < -0.4 is 11.2 Å². The van der Waals surface area contributed by atoms with Crippen molar-refractivity contribution in [3.05, 3.63) is 117 Å². The first-order chi connectivity index (χ1) is 17.9. The van der Waals surface area contributed by atoms with Crippen molar-refractivity contribution in [2.45, 2.75) is 57.2 Å². The van der Waals surface area contributed by atoms with Crippen molar-refractivity contribution >= 4 is 5.97 Å². The van der Waals surface area contributed by atoms with Gasteiger partial charge in [-0.3, -0.25) is 19.1 Å². The highest BCUT2D eigenvalue weighted by Gasteiger charge is 2.64. The summed E-state index contributed by atoms with van der Waals surface area (Å²) in [5.41, 5.74) is -0.202. The lowest BCUT2D eigenvalue weighted by atomic mass is 9.93. The average molecular weight is 505 g/mol. The lowest BCUT2D eigenvalue weighted by molar-refractivity contribution is -0.167. The SMILES string of the molecule is CC(=O)O[C@H]1[C@H](n2cc(C)c(=O)[nH]c2=O)O[C@@H]2[C@H](OCc3ccccc3)C=C[C@@]21OCc1ccccc1. The van der Waals surface area contributed by atoms with Gasteiger partial charge in [-0.05, 0) is 24.1 Å². The average Bonchev–Trinajstić information content (AvgIpc) is 3.39. The zero-order valence-electron chi connectivity index (χ0n) is 20.5. The predicted octanol–water partition coefficient (Wildman–Crippen LogP) is 2.78. The Hall–Kier alpha value is -3.79. The zero-order valence-corrected chi connectivity index (χ0v) is 20.5. The minimum absolute atomic E-state index is 0.209. The number of nitrogens with zero attached hydrogens (tertiary/aromatic N) is 1. The Bertz CT molecular complexity index is 1400. The molecule has 0 bridgehead atoms. The summed E-state index contributed by atoms with van der Waals surface area (Å²) in [6.07, 6.45) is 1.69. The number of nitrogens with one attached hydrogen (secondary N) is 1. The van der Waals surface area contributed by atoms with E-state index < -0.39 is 47.4 Å². The third-order valence-corrected chi connectivity index (χ3v) is 6.61. The maximum Gasteiger partial charge on any atom is 0.330 e. The van der Waals surface area contributed by atoms with Crippen molar-refractivity contribution in [1.82, 2.24) is 9.55 Å². The van der Waals surface area contributed by atoms with Crippen LogP contribution in [0.2, 0.25) is 0 Å². The van der Waals surface area contributed by atoms with Crippen LogP contribution in [0.3, 0.4) is 0 Å². The van der Waals surface area contributed by atoms with Gasteiger partial charge < -0.3 is 18.9 Å². The van der Waals surface area contributed by atoms with Gasteiger partial charge in [0, 0.05) is 18.7 Å². The molecule has 192 valence electrons. The van der Waals surface area contributed by atoms with Crippen LogP contribution in [-0.2, 0) is 37.0 Å². The molecule has 5 atom stereocenters. The molecule has 9 nitrogen and oxygen atoms in total. The minimum Gasteiger partial charge on any atom is -0.454 e. The molecule has 0 radical (unpaired) electrons. The highest BCUT2D eigenvalue weighted by Crippen LogP contribution is 2.48. The van der Waals surface area contributed by atoms with Crippen molar-refractivity contribution < 1.29 is 23.7 Å². The molecule has 1 fully saturated rings. The maximum absolute atomic E-state index is 12.8. The molecule has 2 aliphatic rings. The number of aryl methyl sites for hydroxylation is 1. The molecule has 0 amide bonds. The normalized spacial score (nSPS) is 26.2. The number of carbonyl (C=O) groups excluding carboxylic acids is 1. The smallest absolute Gasteiger partial charge is 0.330 e. The molecule has 0 unspecified atom stereocenters. The lowest BCUT2D eigenvalue weighted by Crippen LogP contribution is -2.51. The van der Waals surface area contributed by atoms with E-state index in [0.717, 1.165) is 11.1 Å². The van der Waals surface area contributed by atoms with Crippen LogP contribution in [-0.4, -0.2) is 39.4 Å². The Morgan fingerprint density at radius 1 is 1.03 bits per heavy atom. The molecule has 1 saturated heterocycles. The molecule has 0 spiro atoms. The number of aromatic nitrogens is 2. The summed E-state index contributed by atoms with van der Waals surface area (Å²) in [5, 5.41) is 0. The van der Waals surface area contributed by atoms with Crippen LogP contribution in [0.15, 0.2) is 88.6 Å². The molecule has 1 aliphatic carbocycles. The van der Waals surface area contributed by atoms with Gasteiger partial charge in [-0.2, -0.15) is 0 Å². The number of fused-ring (bicyclic) bond motifs is 1. The van der Waals surface area contributed by atoms with Gasteiger partial charge in [0.15, 0.2) is 17.9 Å². The number of hydrogen-bond acceptors (Lipinski definition) is 7. The van der Waals surface area contributed by atoms with E-state index in [1.54, 1.807) is 13.0 Å². The minimum atomic E-state index is -1.24. The maximum atomic E-state index is 12.8. The third kappa shape index (κ3) is 4.93. The van der Waals surface area contributed by atoms with Gasteiger partial charge in [0.25, 0.3) is 5.56 Å². The van der Waals surface area contributed by atoms with E-state index in [1.807, 2.05) is 66.7 Å². The van der Waals surface area contributed by atoms with Gasteiger partial charge >= 0.3 is 11.7 Å². The summed E-state index contributed by atoms with van der Waals surface area (Å²) in [6.45, 7) is 3.41. The van der Waals surface area contributed by atoms with Crippen LogP contribution in [0.4, 0.5) is 0 Å². The molecule has 5 rings (SSSR count). The van der Waals surface area contributed by atoms with E-state index in [9.17, 15) is 14.4 Å². The predicted molar refractivity (Wildman–Crippen MR) is 134 cm³/mol. The Morgan fingerprint density at radius 3 is 2.32 bits per heavy atom. The summed E-state index contributed by atoms with van der Waals surface area (Å²) in [7, 11) is 0. The van der Waals surface area contributed by atoms with E-state index in [2.05, 4.69) is 4.98 Å². The molecule has 2 heterocycles. The number of benzene rings is 2. The summed E-state index contributed by atoms with van der Waals surface area (Å²) >= 11 is 0. The molecule has 0 saturated carbocycles. The van der Waals surface area contributed by atoms with E-state index in [0.29, 0.717) is 12.2 Å². The van der Waals surface area contributed by atoms with Crippen molar-refractivity contribution in [2.24, 2.45) is 0 Å². The highest BCUT2D eigenvalue weighted by atomic mass is 16.7. The van der Waals surface area contributed by atoms with Crippen LogP contribution in [0.25, 0.3) is 0 Å². The highest BCUT2D eigenvalue weighted by molar-refractivity contribution is 5.66. The van der Waals surface area contributed by atoms with E-state index >= 15 is 0 Å². The van der Waals surface area contributed by atoms with Crippen molar-refractivity contribution in [3.63, 3.8) is 0 Å². The Balaban J connectivity index is 1.52. The summed E-state index contributed by atoms with van der Waals surface area (Å²) in [5.74, 6) is -0.557. The molecule has 1 aromatic heterocycles. The topological polar surface area (TPSA) is 109 Å². The van der Waals surface area contributed by atoms with E-state index in [4.69, 9.17) is 18.9 Å². The fraction of sp³-hybridized carbons (Fsp3) is 0.321. The van der Waals surface area contributed by atoms with Crippen LogP contribution in [0.1, 0.15) is 29.8 Å². The van der Waals surface area contributed by atoms with Crippen molar-refractivity contribution in [1.29, 1.82) is 0 Å². The van der Waals surface area contributed by atoms with Crippen molar-refractivity contribution in [2.75, 3.05) is 0 Å². The summed E-state index contributed by atoms with van der Waals surface area (Å²) in [6, 6.07) is 19.3. The van der Waals surface area contributed by atoms with Crippen LogP contribution in [0, 0.1) is 6.92 Å².